The Hall–Kier alpha value is -5.12. The normalized spacial score (nSPS) is 11.2. The van der Waals surface area contributed by atoms with Crippen LogP contribution < -0.4 is 0 Å². The van der Waals surface area contributed by atoms with Gasteiger partial charge in [0.05, 0.1) is 22.1 Å². The standard InChI is InChI=1S/C36H22N2S.C3H6.C2H6/c1-5-13-31-25(9-1)26-10-2-6-14-32(26)37(31)23-17-19-35-29(21-23)30-22-24(18-20-36(30)39-35)38-33-15-7-3-11-27(33)28-12-4-8-16-34(28)38;1-3-2;1-2/h1-22H;3H,1H2,2H3;1-2H3. The lowest BCUT2D eigenvalue weighted by atomic mass is 10.1. The van der Waals surface area contributed by atoms with Gasteiger partial charge < -0.3 is 9.13 Å². The van der Waals surface area contributed by atoms with E-state index in [0.717, 1.165) is 0 Å². The van der Waals surface area contributed by atoms with Gasteiger partial charge in [0.1, 0.15) is 0 Å². The first-order chi connectivity index (χ1) is 21.8. The topological polar surface area (TPSA) is 9.86 Å². The van der Waals surface area contributed by atoms with Crippen molar-refractivity contribution in [3.05, 3.63) is 146 Å². The summed E-state index contributed by atoms with van der Waals surface area (Å²) in [6.07, 6.45) is 1.75. The molecule has 0 spiro atoms. The van der Waals surface area contributed by atoms with Crippen molar-refractivity contribution in [1.82, 2.24) is 9.13 Å². The van der Waals surface area contributed by atoms with Gasteiger partial charge in [0.2, 0.25) is 0 Å². The van der Waals surface area contributed by atoms with Crippen molar-refractivity contribution in [2.24, 2.45) is 0 Å². The van der Waals surface area contributed by atoms with Gasteiger partial charge in [0.25, 0.3) is 0 Å². The highest BCUT2D eigenvalue weighted by Crippen LogP contribution is 2.40. The second kappa shape index (κ2) is 11.5. The van der Waals surface area contributed by atoms with E-state index >= 15 is 0 Å². The van der Waals surface area contributed by atoms with Crippen LogP contribution in [0.2, 0.25) is 0 Å². The smallest absolute Gasteiger partial charge is 0.0541 e. The molecule has 9 aromatic rings. The van der Waals surface area contributed by atoms with Gasteiger partial charge in [-0.1, -0.05) is 92.7 Å². The van der Waals surface area contributed by atoms with Crippen LogP contribution >= 0.6 is 11.3 Å². The number of nitrogens with zero attached hydrogens (tertiary/aromatic N) is 2. The van der Waals surface area contributed by atoms with Crippen LogP contribution in [-0.2, 0) is 0 Å². The predicted octanol–water partition coefficient (Wildman–Crippen LogP) is 12.5. The SMILES string of the molecule is C=CC.CC.c1ccc2c(c1)c1ccccc1n2-c1ccc2sc3ccc(-n4c5ccccc5c5ccccc54)cc3c2c1. The lowest BCUT2D eigenvalue weighted by molar-refractivity contribution is 1.18. The summed E-state index contributed by atoms with van der Waals surface area (Å²) in [6.45, 7) is 9.25. The van der Waals surface area contributed by atoms with Crippen molar-refractivity contribution in [2.75, 3.05) is 0 Å². The molecule has 0 bridgehead atoms. The Morgan fingerprint density at radius 3 is 1.07 bits per heavy atom. The lowest BCUT2D eigenvalue weighted by Crippen LogP contribution is -1.94. The second-order valence-electron chi connectivity index (χ2n) is 10.6. The molecule has 0 radical (unpaired) electrons. The third-order valence-corrected chi connectivity index (χ3v) is 9.26. The van der Waals surface area contributed by atoms with Gasteiger partial charge in [0, 0.05) is 53.1 Å². The summed E-state index contributed by atoms with van der Waals surface area (Å²) in [5.41, 5.74) is 7.35. The molecule has 3 aromatic heterocycles. The van der Waals surface area contributed by atoms with Crippen LogP contribution in [0, 0.1) is 0 Å². The molecule has 0 N–H and O–H groups in total. The van der Waals surface area contributed by atoms with E-state index in [9.17, 15) is 0 Å². The summed E-state index contributed by atoms with van der Waals surface area (Å²) in [7, 11) is 0. The summed E-state index contributed by atoms with van der Waals surface area (Å²) in [5, 5.41) is 7.76. The van der Waals surface area contributed by atoms with Crippen LogP contribution in [0.5, 0.6) is 0 Å². The number of thiophene rings is 1. The molecule has 0 saturated carbocycles. The molecule has 3 heteroatoms. The predicted molar refractivity (Wildman–Crippen MR) is 195 cm³/mol. The van der Waals surface area contributed by atoms with Crippen molar-refractivity contribution in [2.45, 2.75) is 20.8 Å². The quantitative estimate of drug-likeness (QED) is 0.178. The van der Waals surface area contributed by atoms with Gasteiger partial charge in [-0.25, -0.2) is 0 Å². The maximum Gasteiger partial charge on any atom is 0.0541 e. The molecule has 44 heavy (non-hydrogen) atoms. The van der Waals surface area contributed by atoms with Gasteiger partial charge in [-0.3, -0.25) is 0 Å². The largest absolute Gasteiger partial charge is 0.309 e. The molecule has 0 atom stereocenters. The fourth-order valence-electron chi connectivity index (χ4n) is 6.43. The molecule has 0 aliphatic carbocycles. The van der Waals surface area contributed by atoms with E-state index in [1.54, 1.807) is 6.08 Å². The van der Waals surface area contributed by atoms with E-state index in [1.165, 1.54) is 75.2 Å². The lowest BCUT2D eigenvalue weighted by Gasteiger charge is -2.09. The number of allylic oxidation sites excluding steroid dienone is 1. The van der Waals surface area contributed by atoms with Crippen LogP contribution in [0.4, 0.5) is 0 Å². The summed E-state index contributed by atoms with van der Waals surface area (Å²) < 4.78 is 7.44. The van der Waals surface area contributed by atoms with Crippen LogP contribution in [-0.4, -0.2) is 9.13 Å². The van der Waals surface area contributed by atoms with Crippen LogP contribution in [0.25, 0.3) is 75.2 Å². The molecule has 3 heterocycles. The van der Waals surface area contributed by atoms with Crippen LogP contribution in [0.15, 0.2) is 146 Å². The summed E-state index contributed by atoms with van der Waals surface area (Å²) in [5.74, 6) is 0. The average molecular weight is 587 g/mol. The minimum Gasteiger partial charge on any atom is -0.309 e. The molecule has 2 nitrogen and oxygen atoms in total. The first-order valence-electron chi connectivity index (χ1n) is 15.3. The average Bonchev–Trinajstić information content (AvgIpc) is 3.73. The Morgan fingerprint density at radius 2 is 0.750 bits per heavy atom. The van der Waals surface area contributed by atoms with E-state index in [1.807, 2.05) is 32.1 Å². The van der Waals surface area contributed by atoms with E-state index in [-0.39, 0.29) is 0 Å². The van der Waals surface area contributed by atoms with Gasteiger partial charge >= 0.3 is 0 Å². The molecule has 0 aliphatic heterocycles. The molecule has 9 rings (SSSR count). The monoisotopic (exact) mass is 586 g/mol. The van der Waals surface area contributed by atoms with Gasteiger partial charge in [-0.15, -0.1) is 17.9 Å². The van der Waals surface area contributed by atoms with E-state index in [0.29, 0.717) is 0 Å². The highest BCUT2D eigenvalue weighted by Gasteiger charge is 2.15. The van der Waals surface area contributed by atoms with Crippen LogP contribution in [0.1, 0.15) is 20.8 Å². The van der Waals surface area contributed by atoms with Gasteiger partial charge in [0.15, 0.2) is 0 Å². The summed E-state index contributed by atoms with van der Waals surface area (Å²) in [6, 6.07) is 48.7. The molecule has 0 amide bonds. The van der Waals surface area contributed by atoms with Crippen molar-refractivity contribution in [3.8, 4) is 11.4 Å². The number of hydrogen-bond acceptors (Lipinski definition) is 1. The highest BCUT2D eigenvalue weighted by atomic mass is 32.1. The number of benzene rings is 6. The third kappa shape index (κ3) is 4.32. The van der Waals surface area contributed by atoms with E-state index < -0.39 is 0 Å². The molecule has 0 fully saturated rings. The zero-order valence-corrected chi connectivity index (χ0v) is 26.1. The van der Waals surface area contributed by atoms with E-state index in [4.69, 9.17) is 0 Å². The number of aromatic nitrogens is 2. The van der Waals surface area contributed by atoms with E-state index in [2.05, 4.69) is 149 Å². The summed E-state index contributed by atoms with van der Waals surface area (Å²) >= 11 is 1.87. The fourth-order valence-corrected chi connectivity index (χ4v) is 7.50. The Balaban J connectivity index is 0.000000592. The number of hydrogen-bond donors (Lipinski definition) is 0. The van der Waals surface area contributed by atoms with Crippen molar-refractivity contribution >= 4 is 75.1 Å². The number of para-hydroxylation sites is 4. The maximum absolute atomic E-state index is 3.36. The zero-order chi connectivity index (χ0) is 30.2. The van der Waals surface area contributed by atoms with Crippen molar-refractivity contribution < 1.29 is 0 Å². The third-order valence-electron chi connectivity index (χ3n) is 8.11. The second-order valence-corrected chi connectivity index (χ2v) is 11.7. The fraction of sp³-hybridized carbons (Fsp3) is 0.0732. The highest BCUT2D eigenvalue weighted by molar-refractivity contribution is 7.25. The molecule has 214 valence electrons. The zero-order valence-electron chi connectivity index (χ0n) is 25.3. The summed E-state index contributed by atoms with van der Waals surface area (Å²) in [4.78, 5) is 0. The van der Waals surface area contributed by atoms with Gasteiger partial charge in [-0.05, 0) is 67.6 Å². The first-order valence-corrected chi connectivity index (χ1v) is 16.1. The molecular formula is C41H34N2S. The first kappa shape index (κ1) is 27.7. The molecule has 0 unspecified atom stereocenters. The Morgan fingerprint density at radius 1 is 0.455 bits per heavy atom. The number of fused-ring (bicyclic) bond motifs is 9. The number of rotatable bonds is 2. The Bertz CT molecular complexity index is 2180. The maximum atomic E-state index is 3.36. The Kier molecular flexibility index (Phi) is 7.25. The molecule has 0 aliphatic rings. The molecule has 0 saturated heterocycles. The molecular weight excluding hydrogens is 553 g/mol. The minimum atomic E-state index is 1.20. The molecule has 6 aromatic carbocycles. The minimum absolute atomic E-state index is 1.20. The van der Waals surface area contributed by atoms with Crippen molar-refractivity contribution in [1.29, 1.82) is 0 Å². The van der Waals surface area contributed by atoms with Crippen molar-refractivity contribution in [3.63, 3.8) is 0 Å². The van der Waals surface area contributed by atoms with Crippen LogP contribution in [0.3, 0.4) is 0 Å². The Labute approximate surface area is 261 Å². The van der Waals surface area contributed by atoms with Gasteiger partial charge in [-0.2, -0.15) is 0 Å².